The van der Waals surface area contributed by atoms with E-state index in [1.165, 1.54) is 34.0 Å². The summed E-state index contributed by atoms with van der Waals surface area (Å²) in [4.78, 5) is 13.0. The second-order valence-corrected chi connectivity index (χ2v) is 6.28. The molecule has 1 aromatic carbocycles. The lowest BCUT2D eigenvalue weighted by molar-refractivity contribution is 0.590. The van der Waals surface area contributed by atoms with E-state index < -0.39 is 0 Å². The highest BCUT2D eigenvalue weighted by atomic mass is 14.8. The van der Waals surface area contributed by atoms with Crippen LogP contribution in [0.3, 0.4) is 0 Å². The van der Waals surface area contributed by atoms with Gasteiger partial charge in [-0.3, -0.25) is 9.97 Å². The molecule has 3 nitrogen and oxygen atoms in total. The number of aryl methyl sites for hydroxylation is 1. The Kier molecular flexibility index (Phi) is 2.74. The highest BCUT2D eigenvalue weighted by Gasteiger charge is 2.26. The summed E-state index contributed by atoms with van der Waals surface area (Å²) in [5, 5.41) is 2.52. The van der Waals surface area contributed by atoms with Gasteiger partial charge in [0.1, 0.15) is 0 Å². The molecule has 3 aromatic heterocycles. The Morgan fingerprint density at radius 3 is 2.78 bits per heavy atom. The number of nitrogens with zero attached hydrogens (tertiary/aromatic N) is 2. The van der Waals surface area contributed by atoms with Crippen LogP contribution in [-0.2, 0) is 6.42 Å². The van der Waals surface area contributed by atoms with Crippen LogP contribution in [0.15, 0.2) is 54.9 Å². The number of benzene rings is 1. The molecule has 0 fully saturated rings. The SMILES string of the molecule is c1cnc2c(c1)CCCC2c1nccc2c1[nH]c1ccccc12. The first-order chi connectivity index (χ1) is 11.4. The molecule has 1 atom stereocenters. The second-order valence-electron chi connectivity index (χ2n) is 6.28. The molecule has 0 radical (unpaired) electrons. The van der Waals surface area contributed by atoms with E-state index in [0.717, 1.165) is 24.1 Å². The average Bonchev–Trinajstić information content (AvgIpc) is 3.00. The van der Waals surface area contributed by atoms with Gasteiger partial charge in [-0.2, -0.15) is 0 Å². The molecule has 1 aliphatic carbocycles. The maximum atomic E-state index is 4.75. The Labute approximate surface area is 134 Å². The minimum atomic E-state index is 0.289. The minimum absolute atomic E-state index is 0.289. The average molecular weight is 299 g/mol. The fourth-order valence-corrected chi connectivity index (χ4v) is 3.94. The normalized spacial score (nSPS) is 17.5. The molecule has 23 heavy (non-hydrogen) atoms. The van der Waals surface area contributed by atoms with Crippen LogP contribution in [-0.4, -0.2) is 15.0 Å². The largest absolute Gasteiger partial charge is 0.353 e. The van der Waals surface area contributed by atoms with E-state index in [9.17, 15) is 0 Å². The smallest absolute Gasteiger partial charge is 0.0735 e. The van der Waals surface area contributed by atoms with E-state index in [1.807, 2.05) is 18.5 Å². The van der Waals surface area contributed by atoms with Crippen molar-refractivity contribution in [3.05, 3.63) is 71.8 Å². The van der Waals surface area contributed by atoms with E-state index in [4.69, 9.17) is 4.98 Å². The molecule has 1 aliphatic rings. The number of aromatic amines is 1. The van der Waals surface area contributed by atoms with Gasteiger partial charge in [0.25, 0.3) is 0 Å². The van der Waals surface area contributed by atoms with Crippen LogP contribution in [0.2, 0.25) is 0 Å². The van der Waals surface area contributed by atoms with Crippen LogP contribution in [0, 0.1) is 0 Å². The number of aromatic nitrogens is 3. The van der Waals surface area contributed by atoms with Crippen LogP contribution < -0.4 is 0 Å². The van der Waals surface area contributed by atoms with Crippen molar-refractivity contribution < 1.29 is 0 Å². The molecule has 1 N–H and O–H groups in total. The summed E-state index contributed by atoms with van der Waals surface area (Å²) in [5.74, 6) is 0.289. The molecule has 0 saturated carbocycles. The zero-order valence-electron chi connectivity index (χ0n) is 12.8. The summed E-state index contributed by atoms with van der Waals surface area (Å²) in [6.45, 7) is 0. The maximum Gasteiger partial charge on any atom is 0.0735 e. The van der Waals surface area contributed by atoms with E-state index in [2.05, 4.69) is 46.4 Å². The first-order valence-electron chi connectivity index (χ1n) is 8.21. The van der Waals surface area contributed by atoms with Gasteiger partial charge in [-0.05, 0) is 43.0 Å². The number of para-hydroxylation sites is 1. The third-order valence-electron chi connectivity index (χ3n) is 4.98. The first kappa shape index (κ1) is 12.8. The zero-order valence-corrected chi connectivity index (χ0v) is 12.8. The number of rotatable bonds is 1. The molecular weight excluding hydrogens is 282 g/mol. The third kappa shape index (κ3) is 1.89. The van der Waals surface area contributed by atoms with E-state index in [-0.39, 0.29) is 5.92 Å². The van der Waals surface area contributed by atoms with Crippen LogP contribution >= 0.6 is 0 Å². The number of hydrogen-bond donors (Lipinski definition) is 1. The van der Waals surface area contributed by atoms with Crippen molar-refractivity contribution in [1.29, 1.82) is 0 Å². The quantitative estimate of drug-likeness (QED) is 0.559. The van der Waals surface area contributed by atoms with Gasteiger partial charge in [0.05, 0.1) is 16.9 Å². The standard InChI is InChI=1S/C20H17N3/c1-2-9-17-14(7-1)15-10-12-22-19(20(15)23-17)16-8-3-5-13-6-4-11-21-18(13)16/h1-2,4,6-7,9-12,16,23H,3,5,8H2. The first-order valence-corrected chi connectivity index (χ1v) is 8.21. The van der Waals surface area contributed by atoms with E-state index >= 15 is 0 Å². The van der Waals surface area contributed by atoms with Gasteiger partial charge in [-0.1, -0.05) is 24.3 Å². The number of fused-ring (bicyclic) bond motifs is 4. The Morgan fingerprint density at radius 1 is 0.870 bits per heavy atom. The number of nitrogens with one attached hydrogen (secondary N) is 1. The van der Waals surface area contributed by atoms with Gasteiger partial charge in [0.15, 0.2) is 0 Å². The summed E-state index contributed by atoms with van der Waals surface area (Å²) in [6.07, 6.45) is 7.28. The summed E-state index contributed by atoms with van der Waals surface area (Å²) in [6, 6.07) is 14.8. The molecule has 0 bridgehead atoms. The molecule has 4 aromatic rings. The highest BCUT2D eigenvalue weighted by Crippen LogP contribution is 2.38. The van der Waals surface area contributed by atoms with Gasteiger partial charge in [0.2, 0.25) is 0 Å². The summed E-state index contributed by atoms with van der Waals surface area (Å²) >= 11 is 0. The molecule has 3 heterocycles. The van der Waals surface area contributed by atoms with Gasteiger partial charge in [-0.25, -0.2) is 0 Å². The van der Waals surface area contributed by atoms with E-state index in [1.54, 1.807) is 0 Å². The number of hydrogen-bond acceptors (Lipinski definition) is 2. The Bertz CT molecular complexity index is 1020. The van der Waals surface area contributed by atoms with Gasteiger partial charge < -0.3 is 4.98 Å². The number of H-pyrrole nitrogens is 1. The third-order valence-corrected chi connectivity index (χ3v) is 4.98. The molecule has 5 rings (SSSR count). The number of pyridine rings is 2. The molecule has 0 saturated heterocycles. The van der Waals surface area contributed by atoms with Crippen molar-refractivity contribution in [2.45, 2.75) is 25.2 Å². The monoisotopic (exact) mass is 299 g/mol. The maximum absolute atomic E-state index is 4.75. The Balaban J connectivity index is 1.78. The molecular formula is C20H17N3. The van der Waals surface area contributed by atoms with Crippen molar-refractivity contribution >= 4 is 21.8 Å². The lowest BCUT2D eigenvalue weighted by atomic mass is 9.84. The van der Waals surface area contributed by atoms with Gasteiger partial charge >= 0.3 is 0 Å². The van der Waals surface area contributed by atoms with E-state index in [0.29, 0.717) is 0 Å². The topological polar surface area (TPSA) is 41.6 Å². The van der Waals surface area contributed by atoms with Gasteiger partial charge in [0, 0.05) is 34.6 Å². The Morgan fingerprint density at radius 2 is 1.78 bits per heavy atom. The predicted octanol–water partition coefficient (Wildman–Crippen LogP) is 4.58. The van der Waals surface area contributed by atoms with Crippen molar-refractivity contribution in [3.8, 4) is 0 Å². The zero-order chi connectivity index (χ0) is 15.2. The van der Waals surface area contributed by atoms with Crippen molar-refractivity contribution in [1.82, 2.24) is 15.0 Å². The fraction of sp³-hybridized carbons (Fsp3) is 0.200. The lowest BCUT2D eigenvalue weighted by Crippen LogP contribution is -2.14. The minimum Gasteiger partial charge on any atom is -0.353 e. The molecule has 1 unspecified atom stereocenters. The molecule has 0 amide bonds. The van der Waals surface area contributed by atoms with Crippen LogP contribution in [0.1, 0.15) is 35.7 Å². The molecule has 0 aliphatic heterocycles. The predicted molar refractivity (Wildman–Crippen MR) is 92.6 cm³/mol. The van der Waals surface area contributed by atoms with Crippen LogP contribution in [0.5, 0.6) is 0 Å². The van der Waals surface area contributed by atoms with Crippen molar-refractivity contribution in [2.75, 3.05) is 0 Å². The molecule has 112 valence electrons. The fourth-order valence-electron chi connectivity index (χ4n) is 3.94. The molecule has 3 heteroatoms. The van der Waals surface area contributed by atoms with Crippen LogP contribution in [0.4, 0.5) is 0 Å². The second kappa shape index (κ2) is 4.92. The molecule has 0 spiro atoms. The Hall–Kier alpha value is -2.68. The van der Waals surface area contributed by atoms with Gasteiger partial charge in [-0.15, -0.1) is 0 Å². The van der Waals surface area contributed by atoms with Crippen LogP contribution in [0.25, 0.3) is 21.8 Å². The van der Waals surface area contributed by atoms with Crippen molar-refractivity contribution in [2.24, 2.45) is 0 Å². The lowest BCUT2D eigenvalue weighted by Gasteiger charge is -2.24. The van der Waals surface area contributed by atoms with Crippen molar-refractivity contribution in [3.63, 3.8) is 0 Å². The summed E-state index contributed by atoms with van der Waals surface area (Å²) in [7, 11) is 0. The summed E-state index contributed by atoms with van der Waals surface area (Å²) in [5.41, 5.74) is 6.06. The summed E-state index contributed by atoms with van der Waals surface area (Å²) < 4.78 is 0. The highest BCUT2D eigenvalue weighted by molar-refractivity contribution is 6.07.